The summed E-state index contributed by atoms with van der Waals surface area (Å²) in [6.45, 7) is 0.522. The third-order valence-electron chi connectivity index (χ3n) is 3.56. The first kappa shape index (κ1) is 19.5. The second-order valence-corrected chi connectivity index (χ2v) is 6.83. The molecule has 0 fully saturated rings. The number of aromatic nitrogens is 2. The molecule has 0 aliphatic heterocycles. The number of carboxylic acid groups (broad SMARTS) is 1. The van der Waals surface area contributed by atoms with E-state index < -0.39 is 11.2 Å². The number of para-hydroxylation sites is 1. The molecule has 2 aromatic rings. The van der Waals surface area contributed by atoms with Crippen molar-refractivity contribution in [1.82, 2.24) is 9.55 Å². The molecule has 1 atom stereocenters. The van der Waals surface area contributed by atoms with Gasteiger partial charge in [0.05, 0.1) is 10.9 Å². The fourth-order valence-corrected chi connectivity index (χ4v) is 3.45. The number of alkyl halides is 1. The Morgan fingerprint density at radius 1 is 1.40 bits per heavy atom. The summed E-state index contributed by atoms with van der Waals surface area (Å²) >= 11 is 6.75. The van der Waals surface area contributed by atoms with Crippen LogP contribution in [-0.2, 0) is 4.79 Å². The third kappa shape index (κ3) is 5.07. The summed E-state index contributed by atoms with van der Waals surface area (Å²) < 4.78 is 1.36. The van der Waals surface area contributed by atoms with Crippen LogP contribution in [0.5, 0.6) is 0 Å². The molecular weight excluding hydrogens is 362 g/mol. The molecule has 0 amide bonds. The summed E-state index contributed by atoms with van der Waals surface area (Å²) in [5.74, 6) is -0.695. The number of nitrogens with zero attached hydrogens (tertiary/aromatic N) is 2. The van der Waals surface area contributed by atoms with Gasteiger partial charge in [0.15, 0.2) is 5.16 Å². The average molecular weight is 382 g/mol. The number of rotatable bonds is 9. The van der Waals surface area contributed by atoms with E-state index in [-0.39, 0.29) is 11.4 Å². The van der Waals surface area contributed by atoms with Gasteiger partial charge in [0.2, 0.25) is 0 Å². The minimum Gasteiger partial charge on any atom is -0.480 e. The molecule has 0 saturated heterocycles. The molecule has 1 aromatic heterocycles. The lowest BCUT2D eigenvalue weighted by molar-refractivity contribution is -0.136. The number of benzene rings is 1. The van der Waals surface area contributed by atoms with Crippen molar-refractivity contribution in [3.8, 4) is 0 Å². The molecule has 1 heterocycles. The molecule has 3 N–H and O–H groups in total. The molecule has 0 spiro atoms. The Morgan fingerprint density at radius 2 is 2.16 bits per heavy atom. The van der Waals surface area contributed by atoms with E-state index in [1.165, 1.54) is 10.8 Å². The van der Waals surface area contributed by atoms with E-state index in [1.54, 1.807) is 30.3 Å². The number of aliphatic carboxylic acids is 1. The molecule has 6 nitrogen and oxygen atoms in total. The second kappa shape index (κ2) is 9.60. The maximum absolute atomic E-state index is 12.7. The predicted molar refractivity (Wildman–Crippen MR) is 102 cm³/mol. The number of carbonyl (C=O) groups is 1. The molecule has 1 unspecified atom stereocenters. The lowest BCUT2D eigenvalue weighted by Gasteiger charge is -2.14. The quantitative estimate of drug-likeness (QED) is 0.300. The molecule has 0 aliphatic rings. The minimum absolute atomic E-state index is 0.238. The van der Waals surface area contributed by atoms with Crippen molar-refractivity contribution in [2.75, 3.05) is 12.4 Å². The van der Waals surface area contributed by atoms with Crippen LogP contribution < -0.4 is 11.3 Å². The van der Waals surface area contributed by atoms with Crippen LogP contribution in [0.15, 0.2) is 40.3 Å². The summed E-state index contributed by atoms with van der Waals surface area (Å²) in [7, 11) is 0. The van der Waals surface area contributed by atoms with Gasteiger partial charge in [0, 0.05) is 12.1 Å². The molecular formula is C17H20ClN3O3S. The maximum atomic E-state index is 12.7. The van der Waals surface area contributed by atoms with Crippen LogP contribution in [-0.4, -0.2) is 38.3 Å². The van der Waals surface area contributed by atoms with E-state index in [0.29, 0.717) is 35.4 Å². The van der Waals surface area contributed by atoms with Gasteiger partial charge in [0.25, 0.3) is 5.56 Å². The van der Waals surface area contributed by atoms with Crippen LogP contribution >= 0.6 is 23.4 Å². The predicted octanol–water partition coefficient (Wildman–Crippen LogP) is 2.78. The van der Waals surface area contributed by atoms with E-state index in [1.807, 2.05) is 0 Å². The lowest BCUT2D eigenvalue weighted by Crippen LogP contribution is -2.23. The van der Waals surface area contributed by atoms with Gasteiger partial charge >= 0.3 is 5.97 Å². The minimum atomic E-state index is -0.933. The highest BCUT2D eigenvalue weighted by Crippen LogP contribution is 2.26. The number of halogens is 1. The molecule has 0 aliphatic carbocycles. The van der Waals surface area contributed by atoms with Crippen LogP contribution in [0.2, 0.25) is 0 Å². The van der Waals surface area contributed by atoms with Crippen molar-refractivity contribution in [1.29, 1.82) is 0 Å². The van der Waals surface area contributed by atoms with Gasteiger partial charge < -0.3 is 10.8 Å². The van der Waals surface area contributed by atoms with Gasteiger partial charge in [-0.15, -0.1) is 11.6 Å². The third-order valence-corrected chi connectivity index (χ3v) is 4.96. The van der Waals surface area contributed by atoms with E-state index in [2.05, 4.69) is 4.98 Å². The van der Waals surface area contributed by atoms with Crippen LogP contribution in [0.4, 0.5) is 0 Å². The first-order valence-electron chi connectivity index (χ1n) is 7.92. The zero-order valence-electron chi connectivity index (χ0n) is 13.6. The smallest absolute Gasteiger partial charge is 0.317 e. The molecule has 0 radical (unpaired) electrons. The van der Waals surface area contributed by atoms with Gasteiger partial charge in [-0.1, -0.05) is 36.4 Å². The van der Waals surface area contributed by atoms with E-state index in [9.17, 15) is 14.7 Å². The van der Waals surface area contributed by atoms with E-state index in [4.69, 9.17) is 17.3 Å². The maximum Gasteiger partial charge on any atom is 0.317 e. The molecule has 25 heavy (non-hydrogen) atoms. The molecule has 0 bridgehead atoms. The number of fused-ring (bicyclic) bond motifs is 1. The number of hydrogen-bond acceptors (Lipinski definition) is 5. The summed E-state index contributed by atoms with van der Waals surface area (Å²) in [6, 6.07) is 6.99. The summed E-state index contributed by atoms with van der Waals surface area (Å²) in [4.78, 5) is 28.8. The second-order valence-electron chi connectivity index (χ2n) is 5.35. The van der Waals surface area contributed by atoms with Crippen molar-refractivity contribution in [3.63, 3.8) is 0 Å². The fourth-order valence-electron chi connectivity index (χ4n) is 2.32. The fraction of sp³-hybridized carbons (Fsp3) is 0.353. The number of carboxylic acids is 1. The van der Waals surface area contributed by atoms with Crippen molar-refractivity contribution in [2.45, 2.75) is 29.7 Å². The molecule has 134 valence electrons. The Bertz CT molecular complexity index is 822. The van der Waals surface area contributed by atoms with Crippen molar-refractivity contribution >= 4 is 46.4 Å². The van der Waals surface area contributed by atoms with Crippen LogP contribution in [0.3, 0.4) is 0 Å². The van der Waals surface area contributed by atoms with Crippen LogP contribution in [0.1, 0.15) is 19.3 Å². The monoisotopic (exact) mass is 381 g/mol. The zero-order chi connectivity index (χ0) is 18.2. The largest absolute Gasteiger partial charge is 0.480 e. The van der Waals surface area contributed by atoms with Gasteiger partial charge in [-0.25, -0.2) is 4.98 Å². The number of unbranched alkanes of at least 4 members (excludes halogenated alkanes) is 1. The Morgan fingerprint density at radius 3 is 2.84 bits per heavy atom. The summed E-state index contributed by atoms with van der Waals surface area (Å²) in [5, 5.41) is 9.59. The van der Waals surface area contributed by atoms with E-state index >= 15 is 0 Å². The zero-order valence-corrected chi connectivity index (χ0v) is 15.2. The highest BCUT2D eigenvalue weighted by Gasteiger charge is 2.22. The first-order chi connectivity index (χ1) is 12.1. The Labute approximate surface area is 154 Å². The highest BCUT2D eigenvalue weighted by molar-refractivity contribution is 8.00. The van der Waals surface area contributed by atoms with Crippen molar-refractivity contribution in [2.24, 2.45) is 5.73 Å². The van der Waals surface area contributed by atoms with Crippen LogP contribution in [0, 0.1) is 0 Å². The van der Waals surface area contributed by atoms with Crippen molar-refractivity contribution < 1.29 is 9.90 Å². The lowest BCUT2D eigenvalue weighted by atomic mass is 10.2. The molecule has 2 rings (SSSR count). The van der Waals surface area contributed by atoms with Crippen LogP contribution in [0.25, 0.3) is 17.1 Å². The van der Waals surface area contributed by atoms with Gasteiger partial charge in [0.1, 0.15) is 5.25 Å². The molecule has 0 saturated carbocycles. The molecule has 8 heteroatoms. The topological polar surface area (TPSA) is 98.2 Å². The first-order valence-corrected chi connectivity index (χ1v) is 9.33. The SMILES string of the molecule is NCCCCC(Sc1nc2ccccc2c(=O)n1/C=C/CCl)C(=O)O. The average Bonchev–Trinajstić information content (AvgIpc) is 2.60. The van der Waals surface area contributed by atoms with Gasteiger partial charge in [-0.3, -0.25) is 14.2 Å². The normalized spacial score (nSPS) is 12.7. The van der Waals surface area contributed by atoms with Gasteiger partial charge in [-0.05, 0) is 31.5 Å². The summed E-state index contributed by atoms with van der Waals surface area (Å²) in [5.41, 5.74) is 5.76. The van der Waals surface area contributed by atoms with Crippen molar-refractivity contribution in [3.05, 3.63) is 40.7 Å². The number of nitrogens with two attached hydrogens (primary N) is 1. The standard InChI is InChI=1S/C17H20ClN3O3S/c18-9-5-11-21-15(22)12-6-1-2-7-13(12)20-17(21)25-14(16(23)24)8-3-4-10-19/h1-2,5-7,11,14H,3-4,8-10,19H2,(H,23,24)/b11-5+. The number of thioether (sulfide) groups is 1. The van der Waals surface area contributed by atoms with E-state index in [0.717, 1.165) is 18.2 Å². The molecule has 1 aromatic carbocycles. The Hall–Kier alpha value is -1.83. The number of allylic oxidation sites excluding steroid dienone is 1. The highest BCUT2D eigenvalue weighted by atomic mass is 35.5. The Kier molecular flexibility index (Phi) is 7.49. The number of hydrogen-bond donors (Lipinski definition) is 2. The van der Waals surface area contributed by atoms with Gasteiger partial charge in [-0.2, -0.15) is 0 Å². The summed E-state index contributed by atoms with van der Waals surface area (Å²) in [6.07, 6.45) is 5.08. The Balaban J connectivity index is 2.44.